The van der Waals surface area contributed by atoms with Gasteiger partial charge in [-0.05, 0) is 12.8 Å². The van der Waals surface area contributed by atoms with Crippen molar-refractivity contribution in [2.75, 3.05) is 0 Å². The summed E-state index contributed by atoms with van der Waals surface area (Å²) in [6.45, 7) is 6.48. The van der Waals surface area contributed by atoms with E-state index in [1.54, 1.807) is 12.7 Å². The second-order valence-electron chi connectivity index (χ2n) is 2.86. The Morgan fingerprint density at radius 2 is 2.00 bits per heavy atom. The largest absolute Gasteiger partial charge is 0.250 e. The molecule has 0 unspecified atom stereocenters. The smallest absolute Gasteiger partial charge is 0.137 e. The van der Waals surface area contributed by atoms with Crippen LogP contribution in [0.3, 0.4) is 0 Å². The van der Waals surface area contributed by atoms with Crippen LogP contribution in [0.4, 0.5) is 0 Å². The third kappa shape index (κ3) is 1.35. The van der Waals surface area contributed by atoms with Crippen LogP contribution >= 0.6 is 0 Å². The van der Waals surface area contributed by atoms with E-state index in [-0.39, 0.29) is 0 Å². The molecule has 0 saturated heterocycles. The lowest BCUT2D eigenvalue weighted by Gasteiger charge is -2.14. The molecule has 1 rings (SSSR count). The second-order valence-corrected chi connectivity index (χ2v) is 2.86. The van der Waals surface area contributed by atoms with Gasteiger partial charge < -0.3 is 0 Å². The van der Waals surface area contributed by atoms with Crippen molar-refractivity contribution < 1.29 is 0 Å². The molecule has 0 radical (unpaired) electrons. The maximum atomic E-state index is 4.04. The molecule has 0 spiro atoms. The zero-order valence-corrected chi connectivity index (χ0v) is 6.65. The zero-order chi connectivity index (χ0) is 7.56. The first-order chi connectivity index (χ1) is 4.72. The molecule has 3 heteroatoms. The van der Waals surface area contributed by atoms with Crippen LogP contribution in [0.25, 0.3) is 0 Å². The number of rotatable bonds is 2. The molecule has 0 aliphatic rings. The van der Waals surface area contributed by atoms with Crippen LogP contribution in [0, 0.1) is 5.92 Å². The first-order valence-corrected chi connectivity index (χ1v) is 3.56. The molecule has 56 valence electrons. The monoisotopic (exact) mass is 139 g/mol. The fourth-order valence-corrected chi connectivity index (χ4v) is 0.733. The number of hydrogen-bond acceptors (Lipinski definition) is 2. The Kier molecular flexibility index (Phi) is 2.04. The molecule has 10 heavy (non-hydrogen) atoms. The Labute approximate surface area is 61.1 Å². The molecule has 0 aromatic carbocycles. The molecular formula is C7H13N3. The highest BCUT2D eigenvalue weighted by Crippen LogP contribution is 2.13. The Balaban J connectivity index is 2.68. The number of nitrogens with zero attached hydrogens (tertiary/aromatic N) is 3. The summed E-state index contributed by atoms with van der Waals surface area (Å²) < 4.78 is 1.88. The van der Waals surface area contributed by atoms with E-state index in [0.717, 1.165) is 0 Å². The molecule has 0 aliphatic carbocycles. The molecule has 0 fully saturated rings. The summed E-state index contributed by atoms with van der Waals surface area (Å²) in [7, 11) is 0. The summed E-state index contributed by atoms with van der Waals surface area (Å²) in [5, 5.41) is 4.04. The normalized spacial score (nSPS) is 14.0. The lowest BCUT2D eigenvalue weighted by atomic mass is 10.1. The van der Waals surface area contributed by atoms with E-state index >= 15 is 0 Å². The Morgan fingerprint density at radius 3 is 2.40 bits per heavy atom. The second kappa shape index (κ2) is 2.82. The van der Waals surface area contributed by atoms with Crippen LogP contribution < -0.4 is 0 Å². The minimum Gasteiger partial charge on any atom is -0.250 e. The highest BCUT2D eigenvalue weighted by Gasteiger charge is 2.08. The van der Waals surface area contributed by atoms with E-state index in [0.29, 0.717) is 12.0 Å². The van der Waals surface area contributed by atoms with Crippen LogP contribution in [-0.2, 0) is 0 Å². The lowest BCUT2D eigenvalue weighted by molar-refractivity contribution is 0.374. The summed E-state index contributed by atoms with van der Waals surface area (Å²) >= 11 is 0. The topological polar surface area (TPSA) is 30.7 Å². The lowest BCUT2D eigenvalue weighted by Crippen LogP contribution is -2.11. The summed E-state index contributed by atoms with van der Waals surface area (Å²) in [6, 6.07) is 0.447. The quantitative estimate of drug-likeness (QED) is 0.621. The third-order valence-corrected chi connectivity index (χ3v) is 1.82. The summed E-state index contributed by atoms with van der Waals surface area (Å²) in [5.41, 5.74) is 0. The van der Waals surface area contributed by atoms with E-state index in [9.17, 15) is 0 Å². The molecular weight excluding hydrogens is 126 g/mol. The fraction of sp³-hybridized carbons (Fsp3) is 0.714. The van der Waals surface area contributed by atoms with Crippen molar-refractivity contribution in [2.45, 2.75) is 26.8 Å². The van der Waals surface area contributed by atoms with E-state index in [2.05, 4.69) is 30.9 Å². The highest BCUT2D eigenvalue weighted by molar-refractivity contribution is 4.66. The van der Waals surface area contributed by atoms with Crippen molar-refractivity contribution in [3.8, 4) is 0 Å². The average molecular weight is 139 g/mol. The maximum absolute atomic E-state index is 4.04. The van der Waals surface area contributed by atoms with Gasteiger partial charge in [-0.15, -0.1) is 0 Å². The molecule has 0 aliphatic heterocycles. The van der Waals surface area contributed by atoms with E-state index in [1.807, 2.05) is 4.68 Å². The van der Waals surface area contributed by atoms with E-state index in [1.165, 1.54) is 0 Å². The van der Waals surface area contributed by atoms with Crippen LogP contribution in [0.2, 0.25) is 0 Å². The molecule has 0 N–H and O–H groups in total. The Morgan fingerprint density at radius 1 is 1.30 bits per heavy atom. The third-order valence-electron chi connectivity index (χ3n) is 1.82. The van der Waals surface area contributed by atoms with E-state index < -0.39 is 0 Å². The molecule has 0 saturated carbocycles. The van der Waals surface area contributed by atoms with Crippen LogP contribution in [0.1, 0.15) is 26.8 Å². The standard InChI is InChI=1S/C7H13N3/c1-6(2)7(3)10-5-8-4-9-10/h4-7H,1-3H3/t7-/m0/s1. The van der Waals surface area contributed by atoms with Gasteiger partial charge in [-0.25, -0.2) is 9.67 Å². The van der Waals surface area contributed by atoms with Gasteiger partial charge in [0.2, 0.25) is 0 Å². The summed E-state index contributed by atoms with van der Waals surface area (Å²) in [6.07, 6.45) is 3.32. The zero-order valence-electron chi connectivity index (χ0n) is 6.65. The van der Waals surface area contributed by atoms with E-state index in [4.69, 9.17) is 0 Å². The van der Waals surface area contributed by atoms with Gasteiger partial charge in [0.05, 0.1) is 6.04 Å². The molecule has 3 nitrogen and oxygen atoms in total. The van der Waals surface area contributed by atoms with Gasteiger partial charge in [-0.3, -0.25) is 0 Å². The van der Waals surface area contributed by atoms with Crippen molar-refractivity contribution in [3.63, 3.8) is 0 Å². The SMILES string of the molecule is CC(C)[C@H](C)n1cncn1. The van der Waals surface area contributed by atoms with Gasteiger partial charge in [0, 0.05) is 0 Å². The van der Waals surface area contributed by atoms with Crippen molar-refractivity contribution in [1.82, 2.24) is 14.8 Å². The molecule has 0 amide bonds. The molecule has 1 heterocycles. The van der Waals surface area contributed by atoms with Gasteiger partial charge in [-0.1, -0.05) is 13.8 Å². The van der Waals surface area contributed by atoms with Crippen LogP contribution in [0.5, 0.6) is 0 Å². The summed E-state index contributed by atoms with van der Waals surface area (Å²) in [5.74, 6) is 0.613. The Bertz CT molecular complexity index is 179. The van der Waals surface area contributed by atoms with Crippen molar-refractivity contribution >= 4 is 0 Å². The van der Waals surface area contributed by atoms with Crippen LogP contribution in [-0.4, -0.2) is 14.8 Å². The predicted octanol–water partition coefficient (Wildman–Crippen LogP) is 1.50. The van der Waals surface area contributed by atoms with Gasteiger partial charge in [0.25, 0.3) is 0 Å². The average Bonchev–Trinajstić information content (AvgIpc) is 2.36. The number of hydrogen-bond donors (Lipinski definition) is 0. The summed E-state index contributed by atoms with van der Waals surface area (Å²) in [4.78, 5) is 3.88. The van der Waals surface area contributed by atoms with Crippen molar-refractivity contribution in [1.29, 1.82) is 0 Å². The van der Waals surface area contributed by atoms with Gasteiger partial charge in [-0.2, -0.15) is 5.10 Å². The molecule has 0 bridgehead atoms. The molecule has 1 aromatic rings. The van der Waals surface area contributed by atoms with Gasteiger partial charge in [0.15, 0.2) is 0 Å². The minimum absolute atomic E-state index is 0.447. The first-order valence-electron chi connectivity index (χ1n) is 3.56. The fourth-order valence-electron chi connectivity index (χ4n) is 0.733. The van der Waals surface area contributed by atoms with Crippen molar-refractivity contribution in [2.24, 2.45) is 5.92 Å². The van der Waals surface area contributed by atoms with Crippen LogP contribution in [0.15, 0.2) is 12.7 Å². The van der Waals surface area contributed by atoms with Gasteiger partial charge in [0.1, 0.15) is 12.7 Å². The molecule has 1 aromatic heterocycles. The Hall–Kier alpha value is -0.860. The predicted molar refractivity (Wildman–Crippen MR) is 39.6 cm³/mol. The highest BCUT2D eigenvalue weighted by atomic mass is 15.3. The number of aromatic nitrogens is 3. The van der Waals surface area contributed by atoms with Crippen molar-refractivity contribution in [3.05, 3.63) is 12.7 Å². The maximum Gasteiger partial charge on any atom is 0.137 e. The minimum atomic E-state index is 0.447. The molecule has 1 atom stereocenters. The van der Waals surface area contributed by atoms with Gasteiger partial charge >= 0.3 is 0 Å². The first kappa shape index (κ1) is 7.25.